The molecule has 1 amide bonds. The predicted molar refractivity (Wildman–Crippen MR) is 95.3 cm³/mol. The van der Waals surface area contributed by atoms with E-state index in [0.717, 1.165) is 25.3 Å². The zero-order chi connectivity index (χ0) is 19.5. The van der Waals surface area contributed by atoms with Crippen LogP contribution in [0.3, 0.4) is 0 Å². The van der Waals surface area contributed by atoms with Gasteiger partial charge in [0.05, 0.1) is 29.8 Å². The average Bonchev–Trinajstić information content (AvgIpc) is 3.02. The van der Waals surface area contributed by atoms with Crippen LogP contribution in [-0.4, -0.2) is 44.9 Å². The number of aliphatic hydroxyl groups is 1. The lowest BCUT2D eigenvalue weighted by atomic mass is 9.44. The third kappa shape index (κ3) is 2.82. The minimum Gasteiger partial charge on any atom is -0.393 e. The number of ether oxygens (including phenoxy) is 1. The van der Waals surface area contributed by atoms with Crippen LogP contribution < -0.4 is 5.32 Å². The number of aromatic nitrogens is 2. The summed E-state index contributed by atoms with van der Waals surface area (Å²) in [5.74, 6) is -1.38. The van der Waals surface area contributed by atoms with Gasteiger partial charge in [-0.05, 0) is 44.2 Å². The standard InChI is InChI=1S/C20H21F2N3O3/c21-12-1-2-15(16(22)3-12)17-6-25(11-23-17)20-8-19(9-20,10-20)24-18(27)7-28-14-4-13(26)5-14/h1-3,6,11,13-14,26H,4-5,7-10H2,(H,24,27). The third-order valence-electron chi connectivity index (χ3n) is 6.26. The summed E-state index contributed by atoms with van der Waals surface area (Å²) < 4.78 is 34.5. The highest BCUT2D eigenvalue weighted by Gasteiger charge is 2.69. The first-order chi connectivity index (χ1) is 13.4. The quantitative estimate of drug-likeness (QED) is 0.794. The molecule has 0 radical (unpaired) electrons. The predicted octanol–water partition coefficient (Wildman–Crippen LogP) is 2.12. The number of aliphatic hydroxyl groups excluding tert-OH is 1. The summed E-state index contributed by atoms with van der Waals surface area (Å²) in [4.78, 5) is 16.4. The second kappa shape index (κ2) is 6.09. The average molecular weight is 389 g/mol. The summed E-state index contributed by atoms with van der Waals surface area (Å²) in [5, 5.41) is 12.3. The molecule has 6 nitrogen and oxygen atoms in total. The molecule has 148 valence electrons. The molecule has 6 rings (SSSR count). The maximum atomic E-state index is 14.0. The van der Waals surface area contributed by atoms with Crippen molar-refractivity contribution in [3.8, 4) is 11.3 Å². The zero-order valence-electron chi connectivity index (χ0n) is 15.2. The number of carbonyl (C=O) groups excluding carboxylic acids is 1. The molecule has 8 heteroatoms. The highest BCUT2D eigenvalue weighted by Crippen LogP contribution is 2.65. The van der Waals surface area contributed by atoms with Crippen molar-refractivity contribution in [2.75, 3.05) is 6.61 Å². The van der Waals surface area contributed by atoms with Crippen molar-refractivity contribution in [1.82, 2.24) is 14.9 Å². The Hall–Kier alpha value is -2.32. The van der Waals surface area contributed by atoms with E-state index in [2.05, 4.69) is 10.3 Å². The zero-order valence-corrected chi connectivity index (χ0v) is 15.2. The van der Waals surface area contributed by atoms with Gasteiger partial charge in [-0.1, -0.05) is 0 Å². The number of amides is 1. The first-order valence-electron chi connectivity index (χ1n) is 9.47. The molecule has 4 saturated carbocycles. The number of carbonyl (C=O) groups is 1. The fourth-order valence-corrected chi connectivity index (χ4v) is 4.76. The maximum absolute atomic E-state index is 14.0. The van der Waals surface area contributed by atoms with E-state index in [1.165, 1.54) is 12.1 Å². The van der Waals surface area contributed by atoms with Crippen LogP contribution in [0.4, 0.5) is 8.78 Å². The molecule has 4 aliphatic rings. The fraction of sp³-hybridized carbons (Fsp3) is 0.500. The number of benzene rings is 1. The van der Waals surface area contributed by atoms with Gasteiger partial charge in [0.1, 0.15) is 18.2 Å². The number of nitrogens with zero attached hydrogens (tertiary/aromatic N) is 2. The summed E-state index contributed by atoms with van der Waals surface area (Å²) in [6, 6.07) is 3.46. The minimum atomic E-state index is -0.634. The molecule has 0 aliphatic heterocycles. The Morgan fingerprint density at radius 3 is 2.75 bits per heavy atom. The number of halogens is 2. The van der Waals surface area contributed by atoms with E-state index in [-0.39, 0.29) is 41.4 Å². The van der Waals surface area contributed by atoms with Crippen LogP contribution in [0.5, 0.6) is 0 Å². The van der Waals surface area contributed by atoms with Gasteiger partial charge in [0.25, 0.3) is 0 Å². The molecule has 0 unspecified atom stereocenters. The molecule has 1 heterocycles. The summed E-state index contributed by atoms with van der Waals surface area (Å²) >= 11 is 0. The Bertz CT molecular complexity index is 919. The first-order valence-corrected chi connectivity index (χ1v) is 9.47. The molecule has 2 bridgehead atoms. The fourth-order valence-electron chi connectivity index (χ4n) is 4.76. The normalized spacial score (nSPS) is 32.8. The summed E-state index contributed by atoms with van der Waals surface area (Å²) in [7, 11) is 0. The van der Waals surface area contributed by atoms with Crippen LogP contribution in [0.15, 0.2) is 30.7 Å². The number of nitrogens with one attached hydrogen (secondary N) is 1. The van der Waals surface area contributed by atoms with Crippen molar-refractivity contribution in [2.45, 2.75) is 55.4 Å². The molecule has 0 saturated heterocycles. The SMILES string of the molecule is O=C(COC1CC(O)C1)NC12CC(n3cnc(-c4ccc(F)cc4F)c3)(C1)C2. The lowest BCUT2D eigenvalue weighted by molar-refractivity contribution is -0.162. The maximum Gasteiger partial charge on any atom is 0.246 e. The molecule has 28 heavy (non-hydrogen) atoms. The van der Waals surface area contributed by atoms with Crippen LogP contribution in [0.25, 0.3) is 11.3 Å². The van der Waals surface area contributed by atoms with Crippen LogP contribution >= 0.6 is 0 Å². The Morgan fingerprint density at radius 1 is 1.32 bits per heavy atom. The van der Waals surface area contributed by atoms with Crippen LogP contribution in [0.2, 0.25) is 0 Å². The van der Waals surface area contributed by atoms with Crippen LogP contribution in [0.1, 0.15) is 32.1 Å². The molecule has 0 atom stereocenters. The van der Waals surface area contributed by atoms with E-state index in [1.54, 1.807) is 12.5 Å². The Kier molecular flexibility index (Phi) is 3.86. The van der Waals surface area contributed by atoms with Gasteiger partial charge in [-0.2, -0.15) is 0 Å². The topological polar surface area (TPSA) is 76.4 Å². The van der Waals surface area contributed by atoms with Gasteiger partial charge in [0.15, 0.2) is 0 Å². The molecular formula is C20H21F2N3O3. The third-order valence-corrected chi connectivity index (χ3v) is 6.26. The molecule has 4 aliphatic carbocycles. The Labute approximate surface area is 160 Å². The highest BCUT2D eigenvalue weighted by atomic mass is 19.1. The number of rotatable bonds is 6. The van der Waals surface area contributed by atoms with E-state index in [9.17, 15) is 18.7 Å². The minimum absolute atomic E-state index is 0.0173. The Balaban J connectivity index is 1.17. The van der Waals surface area contributed by atoms with Crippen molar-refractivity contribution in [3.05, 3.63) is 42.4 Å². The molecule has 4 fully saturated rings. The van der Waals surface area contributed by atoms with Gasteiger partial charge in [0.2, 0.25) is 5.91 Å². The van der Waals surface area contributed by atoms with Gasteiger partial charge in [-0.25, -0.2) is 13.8 Å². The molecule has 2 N–H and O–H groups in total. The molecule has 1 aromatic heterocycles. The smallest absolute Gasteiger partial charge is 0.246 e. The van der Waals surface area contributed by atoms with E-state index in [0.29, 0.717) is 18.5 Å². The largest absolute Gasteiger partial charge is 0.393 e. The second-order valence-electron chi connectivity index (χ2n) is 8.43. The number of imidazole rings is 1. The first kappa shape index (κ1) is 17.8. The van der Waals surface area contributed by atoms with E-state index in [4.69, 9.17) is 4.74 Å². The van der Waals surface area contributed by atoms with Crippen LogP contribution in [0, 0.1) is 11.6 Å². The highest BCUT2D eigenvalue weighted by molar-refractivity contribution is 5.79. The summed E-state index contributed by atoms with van der Waals surface area (Å²) in [5.41, 5.74) is 0.462. The summed E-state index contributed by atoms with van der Waals surface area (Å²) in [6.07, 6.45) is 6.74. The molecular weight excluding hydrogens is 368 g/mol. The Morgan fingerprint density at radius 2 is 2.07 bits per heavy atom. The lowest BCUT2D eigenvalue weighted by Crippen LogP contribution is -2.78. The van der Waals surface area contributed by atoms with Gasteiger partial charge in [0, 0.05) is 23.4 Å². The molecule has 0 spiro atoms. The van der Waals surface area contributed by atoms with Gasteiger partial charge < -0.3 is 19.7 Å². The van der Waals surface area contributed by atoms with Crippen molar-refractivity contribution in [3.63, 3.8) is 0 Å². The van der Waals surface area contributed by atoms with Gasteiger partial charge in [-0.15, -0.1) is 0 Å². The van der Waals surface area contributed by atoms with E-state index in [1.807, 2.05) is 4.57 Å². The van der Waals surface area contributed by atoms with Crippen molar-refractivity contribution < 1.29 is 23.4 Å². The second-order valence-corrected chi connectivity index (χ2v) is 8.43. The van der Waals surface area contributed by atoms with Crippen molar-refractivity contribution in [1.29, 1.82) is 0 Å². The van der Waals surface area contributed by atoms with Gasteiger partial charge >= 0.3 is 0 Å². The number of hydrogen-bond donors (Lipinski definition) is 2. The van der Waals surface area contributed by atoms with E-state index >= 15 is 0 Å². The molecule has 2 aromatic rings. The number of hydrogen-bond acceptors (Lipinski definition) is 4. The van der Waals surface area contributed by atoms with E-state index < -0.39 is 11.6 Å². The molecule has 1 aromatic carbocycles. The lowest BCUT2D eigenvalue weighted by Gasteiger charge is -2.70. The monoisotopic (exact) mass is 389 g/mol. The van der Waals surface area contributed by atoms with Crippen LogP contribution in [-0.2, 0) is 15.1 Å². The van der Waals surface area contributed by atoms with Crippen molar-refractivity contribution in [2.24, 2.45) is 0 Å². The summed E-state index contributed by atoms with van der Waals surface area (Å²) in [6.45, 7) is 0.0191. The van der Waals surface area contributed by atoms with Crippen molar-refractivity contribution >= 4 is 5.91 Å². The van der Waals surface area contributed by atoms with Gasteiger partial charge in [-0.3, -0.25) is 4.79 Å².